The Hall–Kier alpha value is -1.48. The standard InChI is InChI=1S/C19H27ClN4O2.HI/c1-13-17(14(2)26-24-13)6-5-10-22-19(21-3)23-11-9-15-7-8-16(25-4)12-18(15)20;/h7-8,12H,5-6,9-11H2,1-4H3,(H2,21,22,23);1H. The van der Waals surface area contributed by atoms with Crippen LogP contribution < -0.4 is 15.4 Å². The summed E-state index contributed by atoms with van der Waals surface area (Å²) in [5, 5.41) is 11.3. The highest BCUT2D eigenvalue weighted by Crippen LogP contribution is 2.22. The maximum Gasteiger partial charge on any atom is 0.190 e. The molecule has 2 rings (SSSR count). The summed E-state index contributed by atoms with van der Waals surface area (Å²) in [7, 11) is 3.40. The SMILES string of the molecule is CN=C(NCCCc1c(C)noc1C)NCCc1ccc(OC)cc1Cl.I. The lowest BCUT2D eigenvalue weighted by Crippen LogP contribution is -2.38. The molecule has 27 heavy (non-hydrogen) atoms. The number of hydrogen-bond acceptors (Lipinski definition) is 4. The second-order valence-corrected chi connectivity index (χ2v) is 6.45. The zero-order valence-electron chi connectivity index (χ0n) is 16.3. The van der Waals surface area contributed by atoms with E-state index in [2.05, 4.69) is 20.8 Å². The third kappa shape index (κ3) is 7.21. The number of methoxy groups -OCH3 is 1. The van der Waals surface area contributed by atoms with Gasteiger partial charge in [-0.1, -0.05) is 22.8 Å². The van der Waals surface area contributed by atoms with Crippen LogP contribution in [-0.2, 0) is 12.8 Å². The summed E-state index contributed by atoms with van der Waals surface area (Å²) in [6, 6.07) is 5.74. The molecule has 0 aliphatic carbocycles. The fraction of sp³-hybridized carbons (Fsp3) is 0.474. The number of nitrogens with zero attached hydrogens (tertiary/aromatic N) is 2. The number of aliphatic imine (C=N–C) groups is 1. The molecule has 0 unspecified atom stereocenters. The summed E-state index contributed by atoms with van der Waals surface area (Å²) in [5.74, 6) is 2.46. The van der Waals surface area contributed by atoms with Crippen LogP contribution in [0.1, 0.15) is 29.0 Å². The molecule has 0 saturated carbocycles. The summed E-state index contributed by atoms with van der Waals surface area (Å²) in [4.78, 5) is 4.25. The van der Waals surface area contributed by atoms with Gasteiger partial charge >= 0.3 is 0 Å². The van der Waals surface area contributed by atoms with E-state index in [9.17, 15) is 0 Å². The average molecular weight is 507 g/mol. The number of aromatic nitrogens is 1. The van der Waals surface area contributed by atoms with Crippen LogP contribution in [0.25, 0.3) is 0 Å². The first-order valence-corrected chi connectivity index (χ1v) is 9.11. The van der Waals surface area contributed by atoms with Gasteiger partial charge in [0, 0.05) is 30.7 Å². The molecule has 6 nitrogen and oxygen atoms in total. The van der Waals surface area contributed by atoms with Gasteiger partial charge in [-0.3, -0.25) is 4.99 Å². The van der Waals surface area contributed by atoms with Crippen LogP contribution in [0.2, 0.25) is 5.02 Å². The molecule has 0 amide bonds. The maximum absolute atomic E-state index is 6.27. The van der Waals surface area contributed by atoms with E-state index in [-0.39, 0.29) is 24.0 Å². The smallest absolute Gasteiger partial charge is 0.190 e. The molecule has 0 aliphatic heterocycles. The minimum atomic E-state index is 0. The summed E-state index contributed by atoms with van der Waals surface area (Å²) < 4.78 is 10.4. The van der Waals surface area contributed by atoms with Crippen molar-refractivity contribution in [2.24, 2.45) is 4.99 Å². The molecule has 0 radical (unpaired) electrons. The van der Waals surface area contributed by atoms with Gasteiger partial charge in [0.2, 0.25) is 0 Å². The van der Waals surface area contributed by atoms with Crippen molar-refractivity contribution in [1.29, 1.82) is 0 Å². The predicted molar refractivity (Wildman–Crippen MR) is 121 cm³/mol. The van der Waals surface area contributed by atoms with E-state index in [0.717, 1.165) is 61.1 Å². The van der Waals surface area contributed by atoms with Crippen LogP contribution in [0, 0.1) is 13.8 Å². The van der Waals surface area contributed by atoms with Gasteiger partial charge in [-0.05, 0) is 50.8 Å². The lowest BCUT2D eigenvalue weighted by molar-refractivity contribution is 0.392. The molecule has 0 atom stereocenters. The largest absolute Gasteiger partial charge is 0.497 e. The Morgan fingerprint density at radius 3 is 2.56 bits per heavy atom. The van der Waals surface area contributed by atoms with Crippen molar-refractivity contribution >= 4 is 41.5 Å². The van der Waals surface area contributed by atoms with Crippen molar-refractivity contribution in [1.82, 2.24) is 15.8 Å². The molecule has 1 heterocycles. The van der Waals surface area contributed by atoms with Crippen molar-refractivity contribution in [2.45, 2.75) is 33.1 Å². The Bertz CT molecular complexity index is 730. The van der Waals surface area contributed by atoms with E-state index >= 15 is 0 Å². The van der Waals surface area contributed by atoms with Gasteiger partial charge in [0.25, 0.3) is 0 Å². The first kappa shape index (κ1) is 23.6. The zero-order valence-corrected chi connectivity index (χ0v) is 19.4. The van der Waals surface area contributed by atoms with Crippen molar-refractivity contribution in [3.63, 3.8) is 0 Å². The summed E-state index contributed by atoms with van der Waals surface area (Å²) in [5.41, 5.74) is 3.25. The van der Waals surface area contributed by atoms with E-state index < -0.39 is 0 Å². The van der Waals surface area contributed by atoms with Crippen molar-refractivity contribution < 1.29 is 9.26 Å². The van der Waals surface area contributed by atoms with Gasteiger partial charge in [0.1, 0.15) is 11.5 Å². The van der Waals surface area contributed by atoms with E-state index in [1.165, 1.54) is 5.56 Å². The molecule has 150 valence electrons. The molecule has 1 aromatic carbocycles. The Labute approximate surface area is 183 Å². The average Bonchev–Trinajstić information content (AvgIpc) is 2.96. The predicted octanol–water partition coefficient (Wildman–Crippen LogP) is 3.91. The third-order valence-corrected chi connectivity index (χ3v) is 4.60. The summed E-state index contributed by atoms with van der Waals surface area (Å²) >= 11 is 6.27. The normalized spacial score (nSPS) is 11.1. The van der Waals surface area contributed by atoms with Gasteiger partial charge in [0.05, 0.1) is 12.8 Å². The van der Waals surface area contributed by atoms with Crippen LogP contribution in [0.15, 0.2) is 27.7 Å². The Balaban J connectivity index is 0.00000364. The van der Waals surface area contributed by atoms with Gasteiger partial charge < -0.3 is 19.9 Å². The monoisotopic (exact) mass is 506 g/mol. The maximum atomic E-state index is 6.27. The molecule has 0 spiro atoms. The first-order chi connectivity index (χ1) is 12.5. The van der Waals surface area contributed by atoms with Gasteiger partial charge in [-0.2, -0.15) is 0 Å². The molecular weight excluding hydrogens is 479 g/mol. The van der Waals surface area contributed by atoms with Crippen molar-refractivity contribution in [2.75, 3.05) is 27.2 Å². The molecule has 0 saturated heterocycles. The minimum Gasteiger partial charge on any atom is -0.497 e. The quantitative estimate of drug-likeness (QED) is 0.246. The van der Waals surface area contributed by atoms with E-state index in [1.54, 1.807) is 14.2 Å². The molecular formula is C19H28ClIN4O2. The molecule has 8 heteroatoms. The number of nitrogens with one attached hydrogen (secondary N) is 2. The summed E-state index contributed by atoms with van der Waals surface area (Å²) in [6.07, 6.45) is 2.73. The number of halogens is 2. The topological polar surface area (TPSA) is 71.7 Å². The molecule has 0 bridgehead atoms. The lowest BCUT2D eigenvalue weighted by atomic mass is 10.1. The Kier molecular flexibility index (Phi) is 10.5. The van der Waals surface area contributed by atoms with E-state index in [0.29, 0.717) is 5.02 Å². The molecule has 0 fully saturated rings. The molecule has 2 N–H and O–H groups in total. The number of aryl methyl sites for hydroxylation is 2. The Morgan fingerprint density at radius 2 is 1.96 bits per heavy atom. The second kappa shape index (κ2) is 12.1. The Morgan fingerprint density at radius 1 is 1.22 bits per heavy atom. The number of benzene rings is 1. The fourth-order valence-electron chi connectivity index (χ4n) is 2.72. The van der Waals surface area contributed by atoms with E-state index in [1.807, 2.05) is 32.0 Å². The number of rotatable bonds is 8. The molecule has 1 aromatic heterocycles. The van der Waals surface area contributed by atoms with Gasteiger partial charge in [0.15, 0.2) is 5.96 Å². The summed E-state index contributed by atoms with van der Waals surface area (Å²) in [6.45, 7) is 5.50. The number of ether oxygens (including phenoxy) is 1. The number of guanidine groups is 1. The lowest BCUT2D eigenvalue weighted by Gasteiger charge is -2.12. The fourth-order valence-corrected chi connectivity index (χ4v) is 2.99. The highest BCUT2D eigenvalue weighted by atomic mass is 127. The highest BCUT2D eigenvalue weighted by molar-refractivity contribution is 14.0. The van der Waals surface area contributed by atoms with Crippen LogP contribution in [0.3, 0.4) is 0 Å². The van der Waals surface area contributed by atoms with Crippen molar-refractivity contribution in [3.05, 3.63) is 45.8 Å². The van der Waals surface area contributed by atoms with Crippen LogP contribution in [0.5, 0.6) is 5.75 Å². The van der Waals surface area contributed by atoms with Crippen LogP contribution >= 0.6 is 35.6 Å². The van der Waals surface area contributed by atoms with E-state index in [4.69, 9.17) is 20.9 Å². The first-order valence-electron chi connectivity index (χ1n) is 8.73. The third-order valence-electron chi connectivity index (χ3n) is 4.25. The molecule has 0 aliphatic rings. The zero-order chi connectivity index (χ0) is 18.9. The minimum absolute atomic E-state index is 0. The van der Waals surface area contributed by atoms with Gasteiger partial charge in [-0.25, -0.2) is 0 Å². The van der Waals surface area contributed by atoms with Crippen molar-refractivity contribution in [3.8, 4) is 5.75 Å². The number of hydrogen-bond donors (Lipinski definition) is 2. The second-order valence-electron chi connectivity index (χ2n) is 6.04. The van der Waals surface area contributed by atoms with Crippen LogP contribution in [0.4, 0.5) is 0 Å². The molecule has 2 aromatic rings. The van der Waals surface area contributed by atoms with Crippen LogP contribution in [-0.4, -0.2) is 38.4 Å². The van der Waals surface area contributed by atoms with Gasteiger partial charge in [-0.15, -0.1) is 24.0 Å². The highest BCUT2D eigenvalue weighted by Gasteiger charge is 2.08.